The molecular weight excluding hydrogens is 274 g/mol. The van der Waals surface area contributed by atoms with Gasteiger partial charge in [0.05, 0.1) is 13.0 Å². The van der Waals surface area contributed by atoms with E-state index in [0.29, 0.717) is 0 Å². The average molecular weight is 286 g/mol. The molecule has 1 aromatic carbocycles. The second kappa shape index (κ2) is 6.60. The number of carboxylic acids is 1. The van der Waals surface area contributed by atoms with Crippen LogP contribution in [0.5, 0.6) is 0 Å². The van der Waals surface area contributed by atoms with Crippen LogP contribution in [0.25, 0.3) is 0 Å². The summed E-state index contributed by atoms with van der Waals surface area (Å²) in [6.45, 7) is -1.26. The van der Waals surface area contributed by atoms with Gasteiger partial charge in [-0.3, -0.25) is 14.4 Å². The van der Waals surface area contributed by atoms with Crippen LogP contribution in [-0.2, 0) is 20.8 Å². The number of hydrogen-bond acceptors (Lipinski definition) is 3. The molecule has 108 valence electrons. The van der Waals surface area contributed by atoms with Crippen molar-refractivity contribution >= 4 is 17.8 Å². The number of hydrogen-bond donors (Lipinski definition) is 2. The van der Waals surface area contributed by atoms with Gasteiger partial charge in [0.25, 0.3) is 0 Å². The first-order valence-corrected chi connectivity index (χ1v) is 5.51. The van der Waals surface area contributed by atoms with Crippen LogP contribution >= 0.6 is 0 Å². The van der Waals surface area contributed by atoms with Crippen LogP contribution < -0.4 is 5.73 Å². The highest BCUT2D eigenvalue weighted by Gasteiger charge is 2.19. The number of benzene rings is 1. The van der Waals surface area contributed by atoms with Gasteiger partial charge in [-0.25, -0.2) is 8.78 Å². The summed E-state index contributed by atoms with van der Waals surface area (Å²) in [7, 11) is 0. The number of carboxylic acid groups (broad SMARTS) is 1. The van der Waals surface area contributed by atoms with E-state index in [0.717, 1.165) is 17.0 Å². The van der Waals surface area contributed by atoms with Crippen molar-refractivity contribution in [1.29, 1.82) is 0 Å². The lowest BCUT2D eigenvalue weighted by Gasteiger charge is -2.18. The third kappa shape index (κ3) is 4.63. The molecule has 1 rings (SSSR count). The fraction of sp³-hybridized carbons (Fsp3) is 0.250. The smallest absolute Gasteiger partial charge is 0.323 e. The van der Waals surface area contributed by atoms with Crippen LogP contribution in [0.2, 0.25) is 0 Å². The summed E-state index contributed by atoms with van der Waals surface area (Å²) >= 11 is 0. The zero-order chi connectivity index (χ0) is 15.3. The zero-order valence-corrected chi connectivity index (χ0v) is 10.3. The lowest BCUT2D eigenvalue weighted by molar-refractivity contribution is -0.145. The van der Waals surface area contributed by atoms with Crippen molar-refractivity contribution < 1.29 is 28.3 Å². The minimum atomic E-state index is -1.31. The summed E-state index contributed by atoms with van der Waals surface area (Å²) in [5.41, 5.74) is 5.07. The van der Waals surface area contributed by atoms with Crippen molar-refractivity contribution in [1.82, 2.24) is 4.90 Å². The SMILES string of the molecule is NC(=O)CN(CC(=O)O)C(=O)Cc1ccc(F)c(F)c1. The Bertz CT molecular complexity index is 532. The molecule has 0 heterocycles. The molecule has 2 amide bonds. The van der Waals surface area contributed by atoms with Gasteiger partial charge in [-0.15, -0.1) is 0 Å². The van der Waals surface area contributed by atoms with Gasteiger partial charge in [0.15, 0.2) is 11.6 Å². The van der Waals surface area contributed by atoms with Crippen LogP contribution in [-0.4, -0.2) is 40.9 Å². The topological polar surface area (TPSA) is 101 Å². The van der Waals surface area contributed by atoms with E-state index in [4.69, 9.17) is 10.8 Å². The van der Waals surface area contributed by atoms with E-state index in [1.54, 1.807) is 0 Å². The molecule has 0 unspecified atom stereocenters. The molecule has 0 saturated carbocycles. The minimum Gasteiger partial charge on any atom is -0.480 e. The Balaban J connectivity index is 2.81. The molecule has 0 aliphatic carbocycles. The van der Waals surface area contributed by atoms with Gasteiger partial charge < -0.3 is 15.7 Å². The zero-order valence-electron chi connectivity index (χ0n) is 10.3. The minimum absolute atomic E-state index is 0.161. The largest absolute Gasteiger partial charge is 0.480 e. The first-order valence-electron chi connectivity index (χ1n) is 5.51. The Hall–Kier alpha value is -2.51. The number of carbonyl (C=O) groups is 3. The number of rotatable bonds is 6. The van der Waals surface area contributed by atoms with Gasteiger partial charge in [0, 0.05) is 0 Å². The second-order valence-corrected chi connectivity index (χ2v) is 4.04. The normalized spacial score (nSPS) is 10.1. The molecule has 0 spiro atoms. The Labute approximate surface area is 112 Å². The maximum atomic E-state index is 13.0. The Morgan fingerprint density at radius 3 is 2.30 bits per heavy atom. The molecule has 20 heavy (non-hydrogen) atoms. The summed E-state index contributed by atoms with van der Waals surface area (Å²) in [6.07, 6.45) is -0.363. The van der Waals surface area contributed by atoms with Crippen LogP contribution in [0, 0.1) is 11.6 Å². The summed E-state index contributed by atoms with van der Waals surface area (Å²) in [6, 6.07) is 2.88. The van der Waals surface area contributed by atoms with E-state index < -0.39 is 42.5 Å². The molecule has 3 N–H and O–H groups in total. The highest BCUT2D eigenvalue weighted by atomic mass is 19.2. The monoisotopic (exact) mass is 286 g/mol. The van der Waals surface area contributed by atoms with E-state index in [1.165, 1.54) is 6.07 Å². The summed E-state index contributed by atoms with van der Waals surface area (Å²) < 4.78 is 25.7. The van der Waals surface area contributed by atoms with Gasteiger partial charge >= 0.3 is 5.97 Å². The van der Waals surface area contributed by atoms with Crippen LogP contribution in [0.4, 0.5) is 8.78 Å². The number of nitrogens with two attached hydrogens (primary N) is 1. The van der Waals surface area contributed by atoms with Crippen molar-refractivity contribution in [3.05, 3.63) is 35.4 Å². The van der Waals surface area contributed by atoms with Gasteiger partial charge in [0.2, 0.25) is 11.8 Å². The molecule has 0 fully saturated rings. The van der Waals surface area contributed by atoms with Crippen LogP contribution in [0.1, 0.15) is 5.56 Å². The predicted octanol–water partition coefficient (Wildman–Crippen LogP) is -0.0942. The number of aliphatic carboxylic acids is 1. The predicted molar refractivity (Wildman–Crippen MR) is 63.5 cm³/mol. The number of nitrogens with zero attached hydrogens (tertiary/aromatic N) is 1. The van der Waals surface area contributed by atoms with E-state index in [9.17, 15) is 23.2 Å². The Kier molecular flexibility index (Phi) is 5.13. The molecule has 1 aromatic rings. The fourth-order valence-corrected chi connectivity index (χ4v) is 1.52. The number of carbonyl (C=O) groups excluding carboxylic acids is 2. The highest BCUT2D eigenvalue weighted by Crippen LogP contribution is 2.10. The first-order chi connectivity index (χ1) is 9.29. The van der Waals surface area contributed by atoms with Gasteiger partial charge in [-0.1, -0.05) is 6.07 Å². The van der Waals surface area contributed by atoms with Gasteiger partial charge in [-0.2, -0.15) is 0 Å². The third-order valence-corrected chi connectivity index (χ3v) is 2.36. The molecule has 0 aromatic heterocycles. The summed E-state index contributed by atoms with van der Waals surface area (Å²) in [5, 5.41) is 8.64. The molecule has 0 aliphatic heterocycles. The van der Waals surface area contributed by atoms with Crippen molar-refractivity contribution in [3.63, 3.8) is 0 Å². The quantitative estimate of drug-likeness (QED) is 0.763. The molecule has 8 heteroatoms. The second-order valence-electron chi connectivity index (χ2n) is 4.04. The molecule has 0 atom stereocenters. The van der Waals surface area contributed by atoms with E-state index >= 15 is 0 Å². The molecule has 0 saturated heterocycles. The number of halogens is 2. The summed E-state index contributed by atoms with van der Waals surface area (Å²) in [4.78, 5) is 33.9. The van der Waals surface area contributed by atoms with E-state index in [2.05, 4.69) is 0 Å². The highest BCUT2D eigenvalue weighted by molar-refractivity contribution is 5.87. The standard InChI is InChI=1S/C12H12F2N2O4/c13-8-2-1-7(3-9(8)14)4-11(18)16(5-10(15)17)6-12(19)20/h1-3H,4-6H2,(H2,15,17)(H,19,20). The maximum absolute atomic E-state index is 13.0. The average Bonchev–Trinajstić information content (AvgIpc) is 2.32. The van der Waals surface area contributed by atoms with E-state index in [1.807, 2.05) is 0 Å². The first kappa shape index (κ1) is 15.5. The fourth-order valence-electron chi connectivity index (χ4n) is 1.52. The van der Waals surface area contributed by atoms with Gasteiger partial charge in [0.1, 0.15) is 6.54 Å². The van der Waals surface area contributed by atoms with Crippen molar-refractivity contribution in [2.24, 2.45) is 5.73 Å². The van der Waals surface area contributed by atoms with E-state index in [-0.39, 0.29) is 12.0 Å². The molecular formula is C12H12F2N2O4. The molecule has 0 aliphatic rings. The van der Waals surface area contributed by atoms with Crippen molar-refractivity contribution in [3.8, 4) is 0 Å². The maximum Gasteiger partial charge on any atom is 0.323 e. The van der Waals surface area contributed by atoms with Crippen molar-refractivity contribution in [2.45, 2.75) is 6.42 Å². The number of primary amides is 1. The molecule has 0 bridgehead atoms. The third-order valence-electron chi connectivity index (χ3n) is 2.36. The lowest BCUT2D eigenvalue weighted by Crippen LogP contribution is -2.42. The Morgan fingerprint density at radius 2 is 1.80 bits per heavy atom. The van der Waals surface area contributed by atoms with Crippen LogP contribution in [0.15, 0.2) is 18.2 Å². The van der Waals surface area contributed by atoms with Gasteiger partial charge in [-0.05, 0) is 17.7 Å². The Morgan fingerprint density at radius 1 is 1.15 bits per heavy atom. The summed E-state index contributed by atoms with van der Waals surface area (Å²) in [5.74, 6) is -5.08. The molecule has 6 nitrogen and oxygen atoms in total. The lowest BCUT2D eigenvalue weighted by atomic mass is 10.1. The van der Waals surface area contributed by atoms with Crippen LogP contribution in [0.3, 0.4) is 0 Å². The number of amides is 2. The molecule has 0 radical (unpaired) electrons. The van der Waals surface area contributed by atoms with Crippen molar-refractivity contribution in [2.75, 3.05) is 13.1 Å².